The first-order chi connectivity index (χ1) is 9.40. The summed E-state index contributed by atoms with van der Waals surface area (Å²) in [6.07, 6.45) is 0.570. The van der Waals surface area contributed by atoms with Crippen molar-refractivity contribution in [1.29, 1.82) is 0 Å². The van der Waals surface area contributed by atoms with Gasteiger partial charge in [0.25, 0.3) is 0 Å². The Labute approximate surface area is 122 Å². The van der Waals surface area contributed by atoms with Crippen LogP contribution in [0.15, 0.2) is 24.3 Å². The molecule has 1 atom stereocenters. The molecule has 0 aliphatic carbocycles. The van der Waals surface area contributed by atoms with E-state index in [-0.39, 0.29) is 11.3 Å². The fourth-order valence-corrected chi connectivity index (χ4v) is 2.80. The molecule has 1 amide bonds. The molecule has 1 aliphatic heterocycles. The van der Waals surface area contributed by atoms with Crippen LogP contribution in [-0.4, -0.2) is 36.5 Å². The number of carbonyl (C=O) groups excluding carboxylic acids is 1. The number of aryl methyl sites for hydroxylation is 1. The van der Waals surface area contributed by atoms with E-state index < -0.39 is 0 Å². The summed E-state index contributed by atoms with van der Waals surface area (Å²) in [5.74, 6) is 0.268. The lowest BCUT2D eigenvalue weighted by atomic mass is 9.80. The Morgan fingerprint density at radius 1 is 1.35 bits per heavy atom. The first-order valence-corrected chi connectivity index (χ1v) is 7.47. The Morgan fingerprint density at radius 2 is 2.00 bits per heavy atom. The number of hydrogen-bond donors (Lipinski definition) is 1. The van der Waals surface area contributed by atoms with Crippen LogP contribution in [0, 0.1) is 6.92 Å². The van der Waals surface area contributed by atoms with Crippen molar-refractivity contribution in [3.63, 3.8) is 0 Å². The second-order valence-electron chi connectivity index (χ2n) is 6.57. The van der Waals surface area contributed by atoms with E-state index in [1.165, 1.54) is 11.1 Å². The number of amides is 1. The van der Waals surface area contributed by atoms with Gasteiger partial charge in [0.05, 0.1) is 0 Å². The van der Waals surface area contributed by atoms with Crippen LogP contribution in [0.1, 0.15) is 38.3 Å². The maximum atomic E-state index is 12.6. The third kappa shape index (κ3) is 3.40. The summed E-state index contributed by atoms with van der Waals surface area (Å²) in [5, 5.41) is 3.33. The van der Waals surface area contributed by atoms with Crippen LogP contribution in [0.4, 0.5) is 0 Å². The Bertz CT molecular complexity index is 464. The number of rotatable bonds is 3. The zero-order valence-electron chi connectivity index (χ0n) is 13.1. The standard InChI is InChI=1S/C17H26N2O/c1-13-5-7-15(8-6-13)17(3,4)11-16(20)19-10-9-18-12-14(19)2/h5-8,14,18H,9-12H2,1-4H3/t14-/m0/s1. The average Bonchev–Trinajstić information content (AvgIpc) is 2.39. The molecule has 0 radical (unpaired) electrons. The van der Waals surface area contributed by atoms with E-state index in [4.69, 9.17) is 0 Å². The normalized spacial score (nSPS) is 20.0. The molecule has 3 nitrogen and oxygen atoms in total. The minimum Gasteiger partial charge on any atom is -0.337 e. The molecule has 0 aromatic heterocycles. The van der Waals surface area contributed by atoms with E-state index in [1.807, 2.05) is 4.90 Å². The van der Waals surface area contributed by atoms with Crippen LogP contribution in [0.25, 0.3) is 0 Å². The predicted octanol–water partition coefficient (Wildman–Crippen LogP) is 2.48. The van der Waals surface area contributed by atoms with Crippen molar-refractivity contribution >= 4 is 5.91 Å². The molecule has 1 aromatic rings. The van der Waals surface area contributed by atoms with Gasteiger partial charge in [0.1, 0.15) is 0 Å². The van der Waals surface area contributed by atoms with Gasteiger partial charge < -0.3 is 10.2 Å². The highest BCUT2D eigenvalue weighted by Crippen LogP contribution is 2.28. The molecule has 20 heavy (non-hydrogen) atoms. The number of carbonyl (C=O) groups is 1. The highest BCUT2D eigenvalue weighted by atomic mass is 16.2. The zero-order valence-corrected chi connectivity index (χ0v) is 13.1. The van der Waals surface area contributed by atoms with Gasteiger partial charge in [0, 0.05) is 32.1 Å². The molecule has 3 heteroatoms. The minimum absolute atomic E-state index is 0.116. The zero-order chi connectivity index (χ0) is 14.8. The van der Waals surface area contributed by atoms with Gasteiger partial charge in [0.2, 0.25) is 5.91 Å². The van der Waals surface area contributed by atoms with Crippen molar-refractivity contribution in [3.8, 4) is 0 Å². The Hall–Kier alpha value is -1.35. The van der Waals surface area contributed by atoms with E-state index in [9.17, 15) is 4.79 Å². The number of piperazine rings is 1. The highest BCUT2D eigenvalue weighted by Gasteiger charge is 2.29. The third-order valence-electron chi connectivity index (χ3n) is 4.25. The van der Waals surface area contributed by atoms with E-state index in [0.717, 1.165) is 19.6 Å². The Kier molecular flexibility index (Phi) is 4.48. The van der Waals surface area contributed by atoms with Crippen molar-refractivity contribution in [3.05, 3.63) is 35.4 Å². The molecule has 1 fully saturated rings. The van der Waals surface area contributed by atoms with Gasteiger partial charge in [-0.3, -0.25) is 4.79 Å². The molecular formula is C17H26N2O. The lowest BCUT2D eigenvalue weighted by molar-refractivity contribution is -0.135. The second-order valence-corrected chi connectivity index (χ2v) is 6.57. The molecule has 1 saturated heterocycles. The van der Waals surface area contributed by atoms with Gasteiger partial charge in [-0.15, -0.1) is 0 Å². The predicted molar refractivity (Wildman–Crippen MR) is 82.9 cm³/mol. The fraction of sp³-hybridized carbons (Fsp3) is 0.588. The van der Waals surface area contributed by atoms with Gasteiger partial charge in [-0.1, -0.05) is 43.7 Å². The summed E-state index contributed by atoms with van der Waals surface area (Å²) in [6, 6.07) is 8.82. The smallest absolute Gasteiger partial charge is 0.223 e. The van der Waals surface area contributed by atoms with Crippen LogP contribution < -0.4 is 5.32 Å². The van der Waals surface area contributed by atoms with Crippen LogP contribution in [0.3, 0.4) is 0 Å². The summed E-state index contributed by atoms with van der Waals surface area (Å²) in [6.45, 7) is 11.1. The summed E-state index contributed by atoms with van der Waals surface area (Å²) in [7, 11) is 0. The highest BCUT2D eigenvalue weighted by molar-refractivity contribution is 5.78. The van der Waals surface area contributed by atoms with Crippen molar-refractivity contribution in [2.24, 2.45) is 0 Å². The largest absolute Gasteiger partial charge is 0.337 e. The quantitative estimate of drug-likeness (QED) is 0.918. The molecule has 1 heterocycles. The topological polar surface area (TPSA) is 32.3 Å². The number of benzene rings is 1. The molecule has 1 aliphatic rings. The molecule has 0 saturated carbocycles. The van der Waals surface area contributed by atoms with Crippen molar-refractivity contribution in [2.45, 2.75) is 45.6 Å². The van der Waals surface area contributed by atoms with Crippen molar-refractivity contribution < 1.29 is 4.79 Å². The van der Waals surface area contributed by atoms with E-state index in [1.54, 1.807) is 0 Å². The van der Waals surface area contributed by atoms with Crippen molar-refractivity contribution in [2.75, 3.05) is 19.6 Å². The monoisotopic (exact) mass is 274 g/mol. The van der Waals surface area contributed by atoms with Gasteiger partial charge >= 0.3 is 0 Å². The second kappa shape index (κ2) is 5.96. The van der Waals surface area contributed by atoms with Crippen molar-refractivity contribution in [1.82, 2.24) is 10.2 Å². The van der Waals surface area contributed by atoms with Crippen LogP contribution in [-0.2, 0) is 10.2 Å². The summed E-state index contributed by atoms with van der Waals surface area (Å²) in [5.41, 5.74) is 2.38. The molecule has 1 aromatic carbocycles. The van der Waals surface area contributed by atoms with Crippen LogP contribution >= 0.6 is 0 Å². The summed E-state index contributed by atoms with van der Waals surface area (Å²) < 4.78 is 0. The molecule has 0 unspecified atom stereocenters. The summed E-state index contributed by atoms with van der Waals surface area (Å²) in [4.78, 5) is 14.6. The molecule has 0 bridgehead atoms. The molecular weight excluding hydrogens is 248 g/mol. The maximum Gasteiger partial charge on any atom is 0.223 e. The van der Waals surface area contributed by atoms with Gasteiger partial charge in [-0.05, 0) is 24.8 Å². The van der Waals surface area contributed by atoms with E-state index >= 15 is 0 Å². The minimum atomic E-state index is -0.116. The van der Waals surface area contributed by atoms with Gasteiger partial charge in [0.15, 0.2) is 0 Å². The Balaban J connectivity index is 2.07. The van der Waals surface area contributed by atoms with E-state index in [2.05, 4.69) is 57.3 Å². The number of nitrogens with one attached hydrogen (secondary N) is 1. The molecule has 110 valence electrons. The third-order valence-corrected chi connectivity index (χ3v) is 4.25. The first-order valence-electron chi connectivity index (χ1n) is 7.47. The van der Waals surface area contributed by atoms with Crippen LogP contribution in [0.2, 0.25) is 0 Å². The molecule has 1 N–H and O–H groups in total. The van der Waals surface area contributed by atoms with Gasteiger partial charge in [-0.25, -0.2) is 0 Å². The number of hydrogen-bond acceptors (Lipinski definition) is 2. The first kappa shape index (κ1) is 15.0. The fourth-order valence-electron chi connectivity index (χ4n) is 2.80. The maximum absolute atomic E-state index is 12.6. The summed E-state index contributed by atoms with van der Waals surface area (Å²) >= 11 is 0. The Morgan fingerprint density at radius 3 is 2.60 bits per heavy atom. The lowest BCUT2D eigenvalue weighted by Gasteiger charge is -2.36. The average molecular weight is 274 g/mol. The number of nitrogens with zero attached hydrogens (tertiary/aromatic N) is 1. The van der Waals surface area contributed by atoms with Gasteiger partial charge in [-0.2, -0.15) is 0 Å². The van der Waals surface area contributed by atoms with E-state index in [0.29, 0.717) is 12.5 Å². The SMILES string of the molecule is Cc1ccc(C(C)(C)CC(=O)N2CCNC[C@@H]2C)cc1. The molecule has 0 spiro atoms. The lowest BCUT2D eigenvalue weighted by Crippen LogP contribution is -2.53. The van der Waals surface area contributed by atoms with Crippen LogP contribution in [0.5, 0.6) is 0 Å². The molecule has 2 rings (SSSR count).